The number of aromatic nitrogens is 5. The minimum atomic E-state index is -0.124. The minimum Gasteiger partial charge on any atom is -0.348 e. The maximum Gasteiger partial charge on any atom is 0.252 e. The van der Waals surface area contributed by atoms with Gasteiger partial charge in [-0.1, -0.05) is 0 Å². The van der Waals surface area contributed by atoms with E-state index >= 15 is 0 Å². The minimum absolute atomic E-state index is 0.124. The van der Waals surface area contributed by atoms with Gasteiger partial charge in [0.15, 0.2) is 0 Å². The number of rotatable bonds is 3. The number of hydrogen-bond acceptors (Lipinski definition) is 7. The summed E-state index contributed by atoms with van der Waals surface area (Å²) in [5.74, 6) is 1.42. The summed E-state index contributed by atoms with van der Waals surface area (Å²) in [6.45, 7) is 5.41. The highest BCUT2D eigenvalue weighted by atomic mass is 16.1. The second-order valence-electron chi connectivity index (χ2n) is 6.10. The first kappa shape index (κ1) is 15.4. The van der Waals surface area contributed by atoms with E-state index in [1.165, 1.54) is 0 Å². The van der Waals surface area contributed by atoms with Crippen molar-refractivity contribution in [3.05, 3.63) is 33.5 Å². The molecule has 0 saturated carbocycles. The van der Waals surface area contributed by atoms with Gasteiger partial charge >= 0.3 is 0 Å². The summed E-state index contributed by atoms with van der Waals surface area (Å²) in [7, 11) is 3.72. The molecule has 1 fully saturated rings. The quantitative estimate of drug-likeness (QED) is 0.888. The van der Waals surface area contributed by atoms with Gasteiger partial charge in [0.25, 0.3) is 5.56 Å². The first-order valence-electron chi connectivity index (χ1n) is 7.65. The van der Waals surface area contributed by atoms with Crippen LogP contribution in [-0.4, -0.2) is 52.3 Å². The Hall–Kier alpha value is -2.51. The fourth-order valence-corrected chi connectivity index (χ4v) is 2.65. The van der Waals surface area contributed by atoms with Crippen LogP contribution in [0, 0.1) is 13.8 Å². The molecule has 8 heteroatoms. The van der Waals surface area contributed by atoms with Crippen molar-refractivity contribution in [3.8, 4) is 0 Å². The van der Waals surface area contributed by atoms with Crippen LogP contribution in [0.3, 0.4) is 0 Å². The smallest absolute Gasteiger partial charge is 0.252 e. The van der Waals surface area contributed by atoms with Crippen LogP contribution in [0.1, 0.15) is 29.4 Å². The Balaban J connectivity index is 1.82. The monoisotopic (exact) mass is 315 g/mol. The lowest BCUT2D eigenvalue weighted by Crippen LogP contribution is -2.24. The number of nitrogens with one attached hydrogen (secondary N) is 1. The van der Waals surface area contributed by atoms with Gasteiger partial charge in [-0.25, -0.2) is 9.97 Å². The predicted molar refractivity (Wildman–Crippen MR) is 88.1 cm³/mol. The maximum absolute atomic E-state index is 11.8. The number of aromatic amines is 1. The van der Waals surface area contributed by atoms with Gasteiger partial charge < -0.3 is 9.80 Å². The summed E-state index contributed by atoms with van der Waals surface area (Å²) < 4.78 is 0. The summed E-state index contributed by atoms with van der Waals surface area (Å²) in [6, 6.07) is 1.58. The average molecular weight is 315 g/mol. The second kappa shape index (κ2) is 5.94. The molecule has 0 aliphatic carbocycles. The van der Waals surface area contributed by atoms with Crippen LogP contribution in [0.15, 0.2) is 10.9 Å². The van der Waals surface area contributed by atoms with Crippen LogP contribution < -0.4 is 15.4 Å². The van der Waals surface area contributed by atoms with Gasteiger partial charge in [0, 0.05) is 39.2 Å². The van der Waals surface area contributed by atoms with Crippen molar-refractivity contribution in [1.29, 1.82) is 0 Å². The summed E-state index contributed by atoms with van der Waals surface area (Å²) in [5, 5.41) is 8.32. The highest BCUT2D eigenvalue weighted by Gasteiger charge is 2.27. The van der Waals surface area contributed by atoms with Crippen LogP contribution in [0.25, 0.3) is 0 Å². The molecule has 0 bridgehead atoms. The molecule has 1 atom stereocenters. The molecule has 3 heterocycles. The molecule has 0 aromatic carbocycles. The third-order valence-corrected chi connectivity index (χ3v) is 4.14. The van der Waals surface area contributed by atoms with Crippen molar-refractivity contribution in [2.45, 2.75) is 26.2 Å². The number of nitrogens with zero attached hydrogens (tertiary/aromatic N) is 6. The third-order valence-electron chi connectivity index (χ3n) is 4.14. The normalized spacial score (nSPS) is 17.6. The van der Waals surface area contributed by atoms with E-state index in [2.05, 4.69) is 30.0 Å². The summed E-state index contributed by atoms with van der Waals surface area (Å²) in [5.41, 5.74) is 2.43. The van der Waals surface area contributed by atoms with E-state index in [4.69, 9.17) is 0 Å². The van der Waals surface area contributed by atoms with Gasteiger partial charge in [0.05, 0.1) is 17.1 Å². The molecular formula is C15H21N7O. The van der Waals surface area contributed by atoms with Gasteiger partial charge in [-0.2, -0.15) is 5.10 Å². The van der Waals surface area contributed by atoms with Crippen molar-refractivity contribution in [1.82, 2.24) is 25.1 Å². The van der Waals surface area contributed by atoms with E-state index in [9.17, 15) is 4.79 Å². The zero-order valence-electron chi connectivity index (χ0n) is 13.9. The van der Waals surface area contributed by atoms with Crippen LogP contribution in [-0.2, 0) is 0 Å². The van der Waals surface area contributed by atoms with Crippen molar-refractivity contribution in [3.63, 3.8) is 0 Å². The molecule has 2 aromatic heterocycles. The standard InChI is InChI=1S/C15H21N7O/c1-9-10(2)19-20-15(16-9)22-6-5-11(8-22)12-7-13(23)18-14(17-12)21(3)4/h7,11H,5-6,8H2,1-4H3,(H,17,18,23). The zero-order chi connectivity index (χ0) is 16.6. The molecule has 1 aliphatic rings. The maximum atomic E-state index is 11.8. The van der Waals surface area contributed by atoms with Gasteiger partial charge in [0.2, 0.25) is 11.9 Å². The first-order chi connectivity index (χ1) is 10.9. The highest BCUT2D eigenvalue weighted by Crippen LogP contribution is 2.28. The van der Waals surface area contributed by atoms with Gasteiger partial charge in [-0.15, -0.1) is 5.10 Å². The Morgan fingerprint density at radius 1 is 1.22 bits per heavy atom. The summed E-state index contributed by atoms with van der Waals surface area (Å²) in [6.07, 6.45) is 0.916. The second-order valence-corrected chi connectivity index (χ2v) is 6.10. The fraction of sp³-hybridized carbons (Fsp3) is 0.533. The van der Waals surface area contributed by atoms with Gasteiger partial charge in [0.1, 0.15) is 0 Å². The van der Waals surface area contributed by atoms with Crippen LogP contribution in [0.2, 0.25) is 0 Å². The first-order valence-corrected chi connectivity index (χ1v) is 7.65. The van der Waals surface area contributed by atoms with Crippen LogP contribution in [0.5, 0.6) is 0 Å². The Labute approximate surface area is 134 Å². The zero-order valence-corrected chi connectivity index (χ0v) is 13.9. The number of aryl methyl sites for hydroxylation is 2. The number of H-pyrrole nitrogens is 1. The molecule has 0 spiro atoms. The van der Waals surface area contributed by atoms with Gasteiger partial charge in [-0.05, 0) is 20.3 Å². The SMILES string of the molecule is Cc1nnc(N2CCC(c3cc(=O)[nH]c(N(C)C)n3)C2)nc1C. The highest BCUT2D eigenvalue weighted by molar-refractivity contribution is 5.35. The largest absolute Gasteiger partial charge is 0.348 e. The Kier molecular flexibility index (Phi) is 3.97. The van der Waals surface area contributed by atoms with Crippen molar-refractivity contribution < 1.29 is 0 Å². The summed E-state index contributed by atoms with van der Waals surface area (Å²) in [4.78, 5) is 27.5. The van der Waals surface area contributed by atoms with E-state index in [-0.39, 0.29) is 11.5 Å². The van der Waals surface area contributed by atoms with Crippen LogP contribution >= 0.6 is 0 Å². The molecule has 0 radical (unpaired) electrons. The average Bonchev–Trinajstić information content (AvgIpc) is 2.99. The Morgan fingerprint density at radius 3 is 2.70 bits per heavy atom. The predicted octanol–water partition coefficient (Wildman–Crippen LogP) is 0.632. The molecule has 8 nitrogen and oxygen atoms in total. The molecule has 23 heavy (non-hydrogen) atoms. The van der Waals surface area contributed by atoms with Crippen molar-refractivity contribution >= 4 is 11.9 Å². The number of hydrogen-bond donors (Lipinski definition) is 1. The van der Waals surface area contributed by atoms with E-state index in [0.29, 0.717) is 11.9 Å². The lowest BCUT2D eigenvalue weighted by atomic mass is 10.1. The fourth-order valence-electron chi connectivity index (χ4n) is 2.65. The van der Waals surface area contributed by atoms with Crippen molar-refractivity contribution in [2.75, 3.05) is 37.0 Å². The Bertz CT molecular complexity index is 771. The van der Waals surface area contributed by atoms with E-state index in [1.807, 2.05) is 27.9 Å². The lowest BCUT2D eigenvalue weighted by molar-refractivity contribution is 0.730. The topological polar surface area (TPSA) is 90.9 Å². The molecule has 1 saturated heterocycles. The Morgan fingerprint density at radius 2 is 2.00 bits per heavy atom. The molecule has 1 unspecified atom stereocenters. The third kappa shape index (κ3) is 3.15. The van der Waals surface area contributed by atoms with E-state index in [1.54, 1.807) is 11.0 Å². The lowest BCUT2D eigenvalue weighted by Gasteiger charge is -2.17. The molecule has 3 rings (SSSR count). The molecule has 1 N–H and O–H groups in total. The molecule has 2 aromatic rings. The summed E-state index contributed by atoms with van der Waals surface area (Å²) >= 11 is 0. The van der Waals surface area contributed by atoms with E-state index < -0.39 is 0 Å². The molecule has 1 aliphatic heterocycles. The molecule has 0 amide bonds. The van der Waals surface area contributed by atoms with E-state index in [0.717, 1.165) is 36.6 Å². The molecule has 122 valence electrons. The van der Waals surface area contributed by atoms with Gasteiger partial charge in [-0.3, -0.25) is 9.78 Å². The van der Waals surface area contributed by atoms with Crippen molar-refractivity contribution in [2.24, 2.45) is 0 Å². The van der Waals surface area contributed by atoms with Crippen LogP contribution in [0.4, 0.5) is 11.9 Å². The number of anilines is 2. The molecular weight excluding hydrogens is 294 g/mol.